The van der Waals surface area contributed by atoms with Crippen LogP contribution in [0.5, 0.6) is 0 Å². The molecular formula is C14H16Br2N2O. The molecule has 0 amide bonds. The number of halogens is 2. The van der Waals surface area contributed by atoms with Crippen LogP contribution in [0.25, 0.3) is 0 Å². The van der Waals surface area contributed by atoms with Gasteiger partial charge in [0.1, 0.15) is 0 Å². The second-order valence-electron chi connectivity index (χ2n) is 4.27. The van der Waals surface area contributed by atoms with Gasteiger partial charge in [0.2, 0.25) is 0 Å². The molecule has 102 valence electrons. The first-order valence-electron chi connectivity index (χ1n) is 6.14. The first-order chi connectivity index (χ1) is 9.13. The number of benzene rings is 1. The Morgan fingerprint density at radius 3 is 2.58 bits per heavy atom. The molecule has 0 fully saturated rings. The molecule has 0 atom stereocenters. The van der Waals surface area contributed by atoms with Crippen LogP contribution in [0.1, 0.15) is 23.9 Å². The molecular weight excluding hydrogens is 372 g/mol. The van der Waals surface area contributed by atoms with Crippen LogP contribution >= 0.6 is 31.9 Å². The van der Waals surface area contributed by atoms with Crippen LogP contribution < -0.4 is 0 Å². The highest BCUT2D eigenvalue weighted by Gasteiger charge is 2.12. The monoisotopic (exact) mass is 386 g/mol. The van der Waals surface area contributed by atoms with Crippen molar-refractivity contribution in [3.8, 4) is 0 Å². The van der Waals surface area contributed by atoms with E-state index in [0.29, 0.717) is 13.2 Å². The van der Waals surface area contributed by atoms with Gasteiger partial charge < -0.3 is 4.74 Å². The summed E-state index contributed by atoms with van der Waals surface area (Å²) in [6, 6.07) is 8.09. The van der Waals surface area contributed by atoms with Gasteiger partial charge in [-0.25, -0.2) is 0 Å². The number of hydrogen-bond donors (Lipinski definition) is 0. The lowest BCUT2D eigenvalue weighted by atomic mass is 10.2. The fourth-order valence-electron chi connectivity index (χ4n) is 1.85. The zero-order chi connectivity index (χ0) is 13.8. The van der Waals surface area contributed by atoms with Crippen LogP contribution in [0.15, 0.2) is 33.2 Å². The summed E-state index contributed by atoms with van der Waals surface area (Å²) in [6.45, 7) is 3.23. The van der Waals surface area contributed by atoms with E-state index in [1.807, 2.05) is 29.9 Å². The molecule has 1 aromatic heterocycles. The van der Waals surface area contributed by atoms with Crippen molar-refractivity contribution in [1.29, 1.82) is 0 Å². The smallest absolute Gasteiger partial charge is 0.0900 e. The van der Waals surface area contributed by atoms with Gasteiger partial charge in [-0.05, 0) is 34.0 Å². The lowest BCUT2D eigenvalue weighted by Gasteiger charge is -2.07. The van der Waals surface area contributed by atoms with Crippen molar-refractivity contribution >= 4 is 31.9 Å². The van der Waals surface area contributed by atoms with E-state index >= 15 is 0 Å². The third-order valence-electron chi connectivity index (χ3n) is 2.96. The molecule has 2 aromatic rings. The number of nitrogens with zero attached hydrogens (tertiary/aromatic N) is 2. The molecule has 0 spiro atoms. The van der Waals surface area contributed by atoms with Gasteiger partial charge in [0.15, 0.2) is 0 Å². The van der Waals surface area contributed by atoms with E-state index in [4.69, 9.17) is 4.74 Å². The zero-order valence-electron chi connectivity index (χ0n) is 11.0. The Morgan fingerprint density at radius 1 is 1.21 bits per heavy atom. The molecule has 3 nitrogen and oxygen atoms in total. The van der Waals surface area contributed by atoms with Crippen molar-refractivity contribution in [1.82, 2.24) is 9.78 Å². The molecule has 0 saturated carbocycles. The molecule has 0 N–H and O–H groups in total. The first kappa shape index (κ1) is 14.8. The quantitative estimate of drug-likeness (QED) is 0.767. The van der Waals surface area contributed by atoms with E-state index in [-0.39, 0.29) is 0 Å². The van der Waals surface area contributed by atoms with Gasteiger partial charge in [0.05, 0.1) is 29.1 Å². The van der Waals surface area contributed by atoms with Gasteiger partial charge in [-0.2, -0.15) is 5.10 Å². The summed E-state index contributed by atoms with van der Waals surface area (Å²) in [7, 11) is 1.95. The van der Waals surface area contributed by atoms with Gasteiger partial charge in [-0.3, -0.25) is 4.68 Å². The third-order valence-corrected chi connectivity index (χ3v) is 4.65. The maximum atomic E-state index is 5.79. The van der Waals surface area contributed by atoms with Crippen LogP contribution in [-0.4, -0.2) is 9.78 Å². The summed E-state index contributed by atoms with van der Waals surface area (Å²) < 4.78 is 9.80. The number of rotatable bonds is 5. The summed E-state index contributed by atoms with van der Waals surface area (Å²) in [5.41, 5.74) is 3.29. The van der Waals surface area contributed by atoms with E-state index in [2.05, 4.69) is 49.9 Å². The Hall–Kier alpha value is -0.650. The van der Waals surface area contributed by atoms with Crippen LogP contribution in [0.3, 0.4) is 0 Å². The highest BCUT2D eigenvalue weighted by atomic mass is 79.9. The molecule has 19 heavy (non-hydrogen) atoms. The van der Waals surface area contributed by atoms with E-state index in [1.54, 1.807) is 0 Å². The maximum absolute atomic E-state index is 5.79. The van der Waals surface area contributed by atoms with Crippen molar-refractivity contribution < 1.29 is 4.74 Å². The normalized spacial score (nSPS) is 10.9. The van der Waals surface area contributed by atoms with Crippen LogP contribution in [0, 0.1) is 0 Å². The van der Waals surface area contributed by atoms with E-state index in [1.165, 1.54) is 0 Å². The maximum Gasteiger partial charge on any atom is 0.0900 e. The molecule has 2 rings (SSSR count). The molecule has 1 aromatic carbocycles. The second-order valence-corrected chi connectivity index (χ2v) is 5.92. The molecule has 0 radical (unpaired) electrons. The lowest BCUT2D eigenvalue weighted by Crippen LogP contribution is -2.02. The van der Waals surface area contributed by atoms with Crippen LogP contribution in [0.4, 0.5) is 0 Å². The Labute approximate surface area is 130 Å². The molecule has 0 bridgehead atoms. The average Bonchev–Trinajstić information content (AvgIpc) is 2.68. The molecule has 0 aliphatic heterocycles. The number of aryl methyl sites for hydroxylation is 2. The van der Waals surface area contributed by atoms with Gasteiger partial charge in [-0.1, -0.05) is 41.1 Å². The largest absolute Gasteiger partial charge is 0.370 e. The Kier molecular flexibility index (Phi) is 5.19. The lowest BCUT2D eigenvalue weighted by molar-refractivity contribution is 0.101. The number of ether oxygens (including phenoxy) is 1. The summed E-state index contributed by atoms with van der Waals surface area (Å²) in [4.78, 5) is 0. The first-order valence-corrected chi connectivity index (χ1v) is 7.73. The second kappa shape index (κ2) is 6.68. The molecule has 0 saturated heterocycles. The fraction of sp³-hybridized carbons (Fsp3) is 0.357. The van der Waals surface area contributed by atoms with E-state index in [9.17, 15) is 0 Å². The Morgan fingerprint density at radius 2 is 1.95 bits per heavy atom. The summed E-state index contributed by atoms with van der Waals surface area (Å²) >= 11 is 7.11. The molecule has 0 aliphatic carbocycles. The molecule has 0 unspecified atom stereocenters. The molecule has 0 aliphatic rings. The van der Waals surface area contributed by atoms with Crippen molar-refractivity contribution in [3.05, 3.63) is 50.2 Å². The van der Waals surface area contributed by atoms with Crippen LogP contribution in [-0.2, 0) is 31.4 Å². The van der Waals surface area contributed by atoms with Gasteiger partial charge in [-0.15, -0.1) is 0 Å². The minimum atomic E-state index is 0.547. The zero-order valence-corrected chi connectivity index (χ0v) is 14.2. The van der Waals surface area contributed by atoms with Crippen molar-refractivity contribution in [2.45, 2.75) is 26.6 Å². The fourth-order valence-corrected chi connectivity index (χ4v) is 2.98. The molecule has 1 heterocycles. The van der Waals surface area contributed by atoms with E-state index in [0.717, 1.165) is 32.3 Å². The minimum Gasteiger partial charge on any atom is -0.370 e. The van der Waals surface area contributed by atoms with Crippen molar-refractivity contribution in [3.63, 3.8) is 0 Å². The van der Waals surface area contributed by atoms with Crippen molar-refractivity contribution in [2.24, 2.45) is 7.05 Å². The van der Waals surface area contributed by atoms with Gasteiger partial charge in [0.25, 0.3) is 0 Å². The average molecular weight is 388 g/mol. The summed E-state index contributed by atoms with van der Waals surface area (Å²) in [5, 5.41) is 4.45. The predicted octanol–water partition coefficient (Wildman–Crippen LogP) is 4.22. The summed E-state index contributed by atoms with van der Waals surface area (Å²) in [6.07, 6.45) is 0.915. The number of aromatic nitrogens is 2. The highest BCUT2D eigenvalue weighted by Crippen LogP contribution is 2.23. The standard InChI is InChI=1S/C14H16Br2N2O/c1-3-12-14(16)13(18(2)17-12)9-19-8-10-6-4-5-7-11(10)15/h4-7H,3,8-9H2,1-2H3. The third kappa shape index (κ3) is 3.46. The predicted molar refractivity (Wildman–Crippen MR) is 82.9 cm³/mol. The minimum absolute atomic E-state index is 0.547. The molecule has 5 heteroatoms. The van der Waals surface area contributed by atoms with E-state index < -0.39 is 0 Å². The Bertz CT molecular complexity index is 567. The summed E-state index contributed by atoms with van der Waals surface area (Å²) in [5.74, 6) is 0. The Balaban J connectivity index is 2.00. The number of hydrogen-bond acceptors (Lipinski definition) is 2. The topological polar surface area (TPSA) is 27.1 Å². The highest BCUT2D eigenvalue weighted by molar-refractivity contribution is 9.10. The van der Waals surface area contributed by atoms with Gasteiger partial charge >= 0.3 is 0 Å². The van der Waals surface area contributed by atoms with Crippen LogP contribution in [0.2, 0.25) is 0 Å². The SMILES string of the molecule is CCc1nn(C)c(COCc2ccccc2Br)c1Br. The van der Waals surface area contributed by atoms with Crippen molar-refractivity contribution in [2.75, 3.05) is 0 Å². The van der Waals surface area contributed by atoms with Gasteiger partial charge in [0, 0.05) is 11.5 Å².